The van der Waals surface area contributed by atoms with Crippen LogP contribution in [0, 0.1) is 0 Å². The molecule has 1 saturated heterocycles. The van der Waals surface area contributed by atoms with Crippen molar-refractivity contribution < 1.29 is 14.6 Å². The highest BCUT2D eigenvalue weighted by molar-refractivity contribution is 5.94. The summed E-state index contributed by atoms with van der Waals surface area (Å²) in [6.07, 6.45) is 3.81. The Morgan fingerprint density at radius 3 is 2.75 bits per heavy atom. The highest BCUT2D eigenvalue weighted by atomic mass is 16.5. The number of methoxy groups -OCH3 is 1. The molecule has 20 heavy (non-hydrogen) atoms. The minimum absolute atomic E-state index is 0.0174. The first kappa shape index (κ1) is 14.7. The van der Waals surface area contributed by atoms with Gasteiger partial charge in [0.05, 0.1) is 7.11 Å². The van der Waals surface area contributed by atoms with Crippen molar-refractivity contribution in [1.82, 2.24) is 10.2 Å². The molecule has 0 unspecified atom stereocenters. The molecule has 1 aliphatic heterocycles. The van der Waals surface area contributed by atoms with Gasteiger partial charge >= 0.3 is 0 Å². The SMILES string of the molecule is COc1ccc(C(=O)NCCN2CCCCC2)cc1O. The first-order valence-electron chi connectivity index (χ1n) is 7.08. The van der Waals surface area contributed by atoms with E-state index in [4.69, 9.17) is 4.74 Å². The standard InChI is InChI=1S/C15H22N2O3/c1-20-14-6-5-12(11-13(14)18)15(19)16-7-10-17-8-3-2-4-9-17/h5-6,11,18H,2-4,7-10H2,1H3,(H,16,19). The van der Waals surface area contributed by atoms with Crippen molar-refractivity contribution in [2.24, 2.45) is 0 Å². The fourth-order valence-corrected chi connectivity index (χ4v) is 2.44. The van der Waals surface area contributed by atoms with Crippen molar-refractivity contribution in [1.29, 1.82) is 0 Å². The summed E-state index contributed by atoms with van der Waals surface area (Å²) < 4.78 is 4.95. The quantitative estimate of drug-likeness (QED) is 0.859. The van der Waals surface area contributed by atoms with Gasteiger partial charge in [-0.25, -0.2) is 0 Å². The monoisotopic (exact) mass is 278 g/mol. The van der Waals surface area contributed by atoms with E-state index in [1.165, 1.54) is 32.4 Å². The van der Waals surface area contributed by atoms with Gasteiger partial charge < -0.3 is 20.1 Å². The number of aromatic hydroxyl groups is 1. The Morgan fingerprint density at radius 2 is 2.10 bits per heavy atom. The summed E-state index contributed by atoms with van der Waals surface area (Å²) in [4.78, 5) is 14.3. The third kappa shape index (κ3) is 3.87. The van der Waals surface area contributed by atoms with Gasteiger partial charge in [0, 0.05) is 18.7 Å². The van der Waals surface area contributed by atoms with Gasteiger partial charge in [0.1, 0.15) is 0 Å². The zero-order chi connectivity index (χ0) is 14.4. The van der Waals surface area contributed by atoms with E-state index >= 15 is 0 Å². The molecule has 1 amide bonds. The van der Waals surface area contributed by atoms with Crippen molar-refractivity contribution >= 4 is 5.91 Å². The van der Waals surface area contributed by atoms with E-state index in [-0.39, 0.29) is 11.7 Å². The lowest BCUT2D eigenvalue weighted by molar-refractivity contribution is 0.0946. The van der Waals surface area contributed by atoms with Crippen LogP contribution in [0.3, 0.4) is 0 Å². The van der Waals surface area contributed by atoms with E-state index in [2.05, 4.69) is 10.2 Å². The Hall–Kier alpha value is -1.75. The lowest BCUT2D eigenvalue weighted by atomic mass is 10.1. The number of phenols is 1. The Kier molecular flexibility index (Phi) is 5.24. The molecule has 5 heteroatoms. The van der Waals surface area contributed by atoms with Gasteiger partial charge in [-0.05, 0) is 44.1 Å². The number of benzene rings is 1. The summed E-state index contributed by atoms with van der Waals surface area (Å²) in [7, 11) is 1.48. The van der Waals surface area contributed by atoms with Crippen LogP contribution >= 0.6 is 0 Å². The maximum atomic E-state index is 12.0. The molecule has 1 aromatic rings. The van der Waals surface area contributed by atoms with Gasteiger partial charge in [-0.2, -0.15) is 0 Å². The zero-order valence-electron chi connectivity index (χ0n) is 11.9. The molecule has 5 nitrogen and oxygen atoms in total. The van der Waals surface area contributed by atoms with Gasteiger partial charge in [0.2, 0.25) is 0 Å². The molecule has 1 aliphatic rings. The summed E-state index contributed by atoms with van der Waals surface area (Å²) in [5, 5.41) is 12.5. The van der Waals surface area contributed by atoms with Gasteiger partial charge in [0.25, 0.3) is 5.91 Å². The number of nitrogens with one attached hydrogen (secondary N) is 1. The third-order valence-electron chi connectivity index (χ3n) is 3.60. The fourth-order valence-electron chi connectivity index (χ4n) is 2.44. The van der Waals surface area contributed by atoms with Crippen LogP contribution in [-0.2, 0) is 0 Å². The van der Waals surface area contributed by atoms with Crippen LogP contribution in [-0.4, -0.2) is 49.2 Å². The van der Waals surface area contributed by atoms with Crippen molar-refractivity contribution in [2.45, 2.75) is 19.3 Å². The fraction of sp³-hybridized carbons (Fsp3) is 0.533. The van der Waals surface area contributed by atoms with Crippen LogP contribution in [0.4, 0.5) is 0 Å². The number of phenolic OH excluding ortho intramolecular Hbond substituents is 1. The average Bonchev–Trinajstić information content (AvgIpc) is 2.48. The number of nitrogens with zero attached hydrogens (tertiary/aromatic N) is 1. The predicted molar refractivity (Wildman–Crippen MR) is 77.3 cm³/mol. The molecule has 0 bridgehead atoms. The van der Waals surface area contributed by atoms with E-state index in [9.17, 15) is 9.90 Å². The summed E-state index contributed by atoms with van der Waals surface area (Å²) in [6.45, 7) is 3.76. The highest BCUT2D eigenvalue weighted by Crippen LogP contribution is 2.26. The second-order valence-electron chi connectivity index (χ2n) is 5.04. The van der Waals surface area contributed by atoms with Crippen LogP contribution in [0.15, 0.2) is 18.2 Å². The lowest BCUT2D eigenvalue weighted by Crippen LogP contribution is -2.37. The molecular weight excluding hydrogens is 256 g/mol. The minimum atomic E-state index is -0.167. The van der Waals surface area contributed by atoms with Crippen LogP contribution in [0.5, 0.6) is 11.5 Å². The third-order valence-corrected chi connectivity index (χ3v) is 3.60. The summed E-state index contributed by atoms with van der Waals surface area (Å²) in [6, 6.07) is 4.67. The van der Waals surface area contributed by atoms with E-state index in [1.807, 2.05) is 0 Å². The number of hydrogen-bond donors (Lipinski definition) is 2. The molecule has 0 aliphatic carbocycles. The maximum Gasteiger partial charge on any atom is 0.251 e. The first-order valence-corrected chi connectivity index (χ1v) is 7.08. The Labute approximate surface area is 119 Å². The minimum Gasteiger partial charge on any atom is -0.504 e. The van der Waals surface area contributed by atoms with Crippen LogP contribution in [0.2, 0.25) is 0 Å². The molecule has 2 rings (SSSR count). The number of carbonyl (C=O) groups is 1. The number of likely N-dealkylation sites (tertiary alicyclic amines) is 1. The molecule has 0 radical (unpaired) electrons. The molecule has 1 heterocycles. The van der Waals surface area contributed by atoms with Crippen molar-refractivity contribution in [3.63, 3.8) is 0 Å². The second kappa shape index (κ2) is 7.14. The van der Waals surface area contributed by atoms with Crippen molar-refractivity contribution in [2.75, 3.05) is 33.3 Å². The number of ether oxygens (including phenoxy) is 1. The van der Waals surface area contributed by atoms with Gasteiger partial charge in [-0.3, -0.25) is 4.79 Å². The van der Waals surface area contributed by atoms with Gasteiger partial charge in [-0.1, -0.05) is 6.42 Å². The summed E-state index contributed by atoms with van der Waals surface area (Å²) >= 11 is 0. The number of carbonyl (C=O) groups excluding carboxylic acids is 1. The van der Waals surface area contributed by atoms with E-state index < -0.39 is 0 Å². The molecule has 1 fully saturated rings. The van der Waals surface area contributed by atoms with Gasteiger partial charge in [0.15, 0.2) is 11.5 Å². The topological polar surface area (TPSA) is 61.8 Å². The lowest BCUT2D eigenvalue weighted by Gasteiger charge is -2.26. The molecular formula is C15H22N2O3. The zero-order valence-corrected chi connectivity index (χ0v) is 11.9. The largest absolute Gasteiger partial charge is 0.504 e. The number of hydrogen-bond acceptors (Lipinski definition) is 4. The van der Waals surface area contributed by atoms with E-state index in [1.54, 1.807) is 12.1 Å². The van der Waals surface area contributed by atoms with Crippen molar-refractivity contribution in [3.05, 3.63) is 23.8 Å². The summed E-state index contributed by atoms with van der Waals surface area (Å²) in [5.41, 5.74) is 0.446. The van der Waals surface area contributed by atoms with E-state index in [0.29, 0.717) is 17.9 Å². The molecule has 0 saturated carbocycles. The van der Waals surface area contributed by atoms with Crippen LogP contribution in [0.1, 0.15) is 29.6 Å². The average molecular weight is 278 g/mol. The normalized spacial score (nSPS) is 15.8. The Balaban J connectivity index is 1.80. The first-order chi connectivity index (χ1) is 9.70. The number of piperidine rings is 1. The molecule has 0 aromatic heterocycles. The molecule has 1 aromatic carbocycles. The summed E-state index contributed by atoms with van der Waals surface area (Å²) in [5.74, 6) is 0.186. The smallest absolute Gasteiger partial charge is 0.251 e. The number of amides is 1. The van der Waals surface area contributed by atoms with Crippen molar-refractivity contribution in [3.8, 4) is 11.5 Å². The second-order valence-corrected chi connectivity index (χ2v) is 5.04. The Bertz CT molecular complexity index is 456. The van der Waals surface area contributed by atoms with Crippen LogP contribution in [0.25, 0.3) is 0 Å². The molecule has 0 spiro atoms. The highest BCUT2D eigenvalue weighted by Gasteiger charge is 2.12. The Morgan fingerprint density at radius 1 is 1.35 bits per heavy atom. The predicted octanol–water partition coefficient (Wildman–Crippen LogP) is 1.62. The van der Waals surface area contributed by atoms with Crippen LogP contribution < -0.4 is 10.1 Å². The maximum absolute atomic E-state index is 12.0. The molecule has 0 atom stereocenters. The molecule has 2 N–H and O–H groups in total. The molecule has 110 valence electrons. The number of rotatable bonds is 5. The van der Waals surface area contributed by atoms with Gasteiger partial charge in [-0.15, -0.1) is 0 Å². The van der Waals surface area contributed by atoms with E-state index in [0.717, 1.165) is 19.6 Å².